The van der Waals surface area contributed by atoms with Crippen molar-refractivity contribution in [3.8, 4) is 0 Å². The zero-order valence-corrected chi connectivity index (χ0v) is 12.3. The Morgan fingerprint density at radius 1 is 1.28 bits per heavy atom. The zero-order chi connectivity index (χ0) is 13.2. The molecule has 0 aromatic heterocycles. The van der Waals surface area contributed by atoms with Gasteiger partial charge in [0.15, 0.2) is 0 Å². The summed E-state index contributed by atoms with van der Waals surface area (Å²) in [5.74, 6) is 0. The molecule has 100 valence electrons. The molecule has 2 rings (SSSR count). The molecule has 1 heteroatoms. The van der Waals surface area contributed by atoms with Gasteiger partial charge in [0.25, 0.3) is 0 Å². The highest BCUT2D eigenvalue weighted by molar-refractivity contribution is 5.31. The van der Waals surface area contributed by atoms with E-state index in [0.717, 1.165) is 6.54 Å². The maximum absolute atomic E-state index is 3.77. The normalized spacial score (nSPS) is 18.7. The molecule has 1 atom stereocenters. The molecule has 1 N–H and O–H groups in total. The van der Waals surface area contributed by atoms with E-state index in [0.29, 0.717) is 11.5 Å². The van der Waals surface area contributed by atoms with Gasteiger partial charge in [-0.15, -0.1) is 0 Å². The SMILES string of the molecule is CCCNC(Cc1cc(C)ccc1C)C1(C)CC1. The number of hydrogen-bond donors (Lipinski definition) is 1. The van der Waals surface area contributed by atoms with Crippen LogP contribution in [0, 0.1) is 19.3 Å². The maximum atomic E-state index is 3.77. The van der Waals surface area contributed by atoms with Gasteiger partial charge in [0.2, 0.25) is 0 Å². The fraction of sp³-hybridized carbons (Fsp3) is 0.647. The van der Waals surface area contributed by atoms with Crippen LogP contribution in [0.25, 0.3) is 0 Å². The Balaban J connectivity index is 2.10. The second-order valence-electron chi connectivity index (χ2n) is 6.29. The first kappa shape index (κ1) is 13.6. The van der Waals surface area contributed by atoms with Gasteiger partial charge in [0.05, 0.1) is 0 Å². The Morgan fingerprint density at radius 3 is 2.61 bits per heavy atom. The van der Waals surface area contributed by atoms with E-state index in [4.69, 9.17) is 0 Å². The monoisotopic (exact) mass is 245 g/mol. The van der Waals surface area contributed by atoms with Gasteiger partial charge in [-0.25, -0.2) is 0 Å². The summed E-state index contributed by atoms with van der Waals surface area (Å²) in [4.78, 5) is 0. The lowest BCUT2D eigenvalue weighted by Gasteiger charge is -2.26. The van der Waals surface area contributed by atoms with Gasteiger partial charge in [-0.2, -0.15) is 0 Å². The van der Waals surface area contributed by atoms with Crippen molar-refractivity contribution in [1.82, 2.24) is 5.32 Å². The smallest absolute Gasteiger partial charge is 0.0161 e. The highest BCUT2D eigenvalue weighted by Crippen LogP contribution is 2.49. The van der Waals surface area contributed by atoms with E-state index < -0.39 is 0 Å². The van der Waals surface area contributed by atoms with Crippen LogP contribution in [0.2, 0.25) is 0 Å². The van der Waals surface area contributed by atoms with Crippen molar-refractivity contribution < 1.29 is 0 Å². The highest BCUT2D eigenvalue weighted by atomic mass is 14.9. The molecule has 0 amide bonds. The molecule has 1 aromatic rings. The van der Waals surface area contributed by atoms with E-state index in [1.807, 2.05) is 0 Å². The fourth-order valence-corrected chi connectivity index (χ4v) is 2.67. The van der Waals surface area contributed by atoms with Gasteiger partial charge in [-0.05, 0) is 62.6 Å². The number of rotatable bonds is 6. The summed E-state index contributed by atoms with van der Waals surface area (Å²) >= 11 is 0. The molecule has 1 saturated carbocycles. The van der Waals surface area contributed by atoms with Crippen molar-refractivity contribution in [3.63, 3.8) is 0 Å². The average molecular weight is 245 g/mol. The minimum Gasteiger partial charge on any atom is -0.313 e. The molecule has 0 aliphatic heterocycles. The first-order valence-electron chi connectivity index (χ1n) is 7.34. The predicted molar refractivity (Wildman–Crippen MR) is 79.0 cm³/mol. The van der Waals surface area contributed by atoms with Crippen LogP contribution in [0.3, 0.4) is 0 Å². The van der Waals surface area contributed by atoms with Gasteiger partial charge in [0, 0.05) is 6.04 Å². The topological polar surface area (TPSA) is 12.0 Å². The van der Waals surface area contributed by atoms with E-state index >= 15 is 0 Å². The van der Waals surface area contributed by atoms with Crippen LogP contribution in [-0.4, -0.2) is 12.6 Å². The number of hydrogen-bond acceptors (Lipinski definition) is 1. The molecule has 1 unspecified atom stereocenters. The predicted octanol–water partition coefficient (Wildman–Crippen LogP) is 4.01. The van der Waals surface area contributed by atoms with Crippen molar-refractivity contribution in [2.75, 3.05) is 6.54 Å². The van der Waals surface area contributed by atoms with Crippen molar-refractivity contribution in [1.29, 1.82) is 0 Å². The van der Waals surface area contributed by atoms with Gasteiger partial charge in [-0.1, -0.05) is 37.6 Å². The van der Waals surface area contributed by atoms with Crippen LogP contribution in [0.4, 0.5) is 0 Å². The third-order valence-corrected chi connectivity index (χ3v) is 4.45. The van der Waals surface area contributed by atoms with Gasteiger partial charge < -0.3 is 5.32 Å². The third kappa shape index (κ3) is 3.14. The summed E-state index contributed by atoms with van der Waals surface area (Å²) in [6.07, 6.45) is 5.18. The summed E-state index contributed by atoms with van der Waals surface area (Å²) in [7, 11) is 0. The Labute approximate surface area is 112 Å². The molecular formula is C17H27N. The molecule has 0 saturated heterocycles. The van der Waals surface area contributed by atoms with Crippen LogP contribution < -0.4 is 5.32 Å². The molecule has 0 heterocycles. The lowest BCUT2D eigenvalue weighted by Crippen LogP contribution is -2.38. The summed E-state index contributed by atoms with van der Waals surface area (Å²) in [6.45, 7) is 10.3. The molecular weight excluding hydrogens is 218 g/mol. The summed E-state index contributed by atoms with van der Waals surface area (Å²) < 4.78 is 0. The van der Waals surface area contributed by atoms with Gasteiger partial charge in [0.1, 0.15) is 0 Å². The van der Waals surface area contributed by atoms with Crippen LogP contribution in [0.5, 0.6) is 0 Å². The standard InChI is InChI=1S/C17H27N/c1-5-10-18-16(17(4)8-9-17)12-15-11-13(2)6-7-14(15)3/h6-7,11,16,18H,5,8-10,12H2,1-4H3. The molecule has 1 nitrogen and oxygen atoms in total. The molecule has 1 aromatic carbocycles. The number of aryl methyl sites for hydroxylation is 2. The fourth-order valence-electron chi connectivity index (χ4n) is 2.67. The third-order valence-electron chi connectivity index (χ3n) is 4.45. The molecule has 18 heavy (non-hydrogen) atoms. The summed E-state index contributed by atoms with van der Waals surface area (Å²) in [5, 5.41) is 3.77. The van der Waals surface area contributed by atoms with E-state index in [9.17, 15) is 0 Å². The second kappa shape index (κ2) is 5.44. The second-order valence-corrected chi connectivity index (χ2v) is 6.29. The largest absolute Gasteiger partial charge is 0.313 e. The first-order valence-corrected chi connectivity index (χ1v) is 7.34. The van der Waals surface area contributed by atoms with E-state index in [1.165, 1.54) is 42.4 Å². The van der Waals surface area contributed by atoms with E-state index in [1.54, 1.807) is 0 Å². The van der Waals surface area contributed by atoms with Gasteiger partial charge in [-0.3, -0.25) is 0 Å². The van der Waals surface area contributed by atoms with Crippen LogP contribution >= 0.6 is 0 Å². The average Bonchev–Trinajstić information content (AvgIpc) is 3.08. The van der Waals surface area contributed by atoms with Crippen LogP contribution in [-0.2, 0) is 6.42 Å². The Kier molecular flexibility index (Phi) is 4.11. The van der Waals surface area contributed by atoms with Crippen LogP contribution in [0.15, 0.2) is 18.2 Å². The molecule has 1 aliphatic rings. The van der Waals surface area contributed by atoms with E-state index in [2.05, 4.69) is 51.2 Å². The summed E-state index contributed by atoms with van der Waals surface area (Å²) in [6, 6.07) is 7.49. The summed E-state index contributed by atoms with van der Waals surface area (Å²) in [5.41, 5.74) is 4.89. The quantitative estimate of drug-likeness (QED) is 0.798. The number of benzene rings is 1. The Bertz CT molecular complexity index is 404. The van der Waals surface area contributed by atoms with E-state index in [-0.39, 0.29) is 0 Å². The van der Waals surface area contributed by atoms with Crippen molar-refractivity contribution >= 4 is 0 Å². The Morgan fingerprint density at radius 2 is 2.00 bits per heavy atom. The minimum atomic E-state index is 0.547. The van der Waals surface area contributed by atoms with Crippen LogP contribution in [0.1, 0.15) is 49.8 Å². The zero-order valence-electron chi connectivity index (χ0n) is 12.3. The molecule has 0 spiro atoms. The molecule has 1 aliphatic carbocycles. The number of nitrogens with one attached hydrogen (secondary N) is 1. The van der Waals surface area contributed by atoms with Gasteiger partial charge >= 0.3 is 0 Å². The lowest BCUT2D eigenvalue weighted by atomic mass is 9.90. The van der Waals surface area contributed by atoms with Crippen molar-refractivity contribution in [2.24, 2.45) is 5.41 Å². The minimum absolute atomic E-state index is 0.547. The van der Waals surface area contributed by atoms with Crippen molar-refractivity contribution in [3.05, 3.63) is 34.9 Å². The molecule has 0 bridgehead atoms. The first-order chi connectivity index (χ1) is 8.55. The molecule has 1 fully saturated rings. The maximum Gasteiger partial charge on any atom is 0.0161 e. The highest BCUT2D eigenvalue weighted by Gasteiger charge is 2.44. The van der Waals surface area contributed by atoms with Crippen molar-refractivity contribution in [2.45, 2.75) is 59.4 Å². The molecule has 0 radical (unpaired) electrons. The lowest BCUT2D eigenvalue weighted by molar-refractivity contribution is 0.354. The Hall–Kier alpha value is -0.820.